The Bertz CT molecular complexity index is 188. The second-order valence-corrected chi connectivity index (χ2v) is 3.08. The lowest BCUT2D eigenvalue weighted by Crippen LogP contribution is -1.81. The van der Waals surface area contributed by atoms with Crippen molar-refractivity contribution < 1.29 is 0 Å². The highest BCUT2D eigenvalue weighted by Gasteiger charge is 1.89. The molecule has 2 nitrogen and oxygen atoms in total. The van der Waals surface area contributed by atoms with Crippen LogP contribution in [-0.4, -0.2) is 16.2 Å². The van der Waals surface area contributed by atoms with Crippen molar-refractivity contribution in [3.63, 3.8) is 0 Å². The number of hydrogen-bond acceptors (Lipinski definition) is 3. The predicted octanol–water partition coefficient (Wildman–Crippen LogP) is 2.99. The lowest BCUT2D eigenvalue weighted by atomic mass is 10.7. The van der Waals surface area contributed by atoms with E-state index in [1.165, 1.54) is 11.8 Å². The molecule has 0 aromatic carbocycles. The zero-order valence-corrected chi connectivity index (χ0v) is 9.24. The Morgan fingerprint density at radius 2 is 1.73 bits per heavy atom. The summed E-state index contributed by atoms with van der Waals surface area (Å²) in [5.74, 6) is 0. The van der Waals surface area contributed by atoms with Gasteiger partial charge >= 0.3 is 0 Å². The van der Waals surface area contributed by atoms with Gasteiger partial charge in [-0.15, -0.1) is 0 Å². The van der Waals surface area contributed by atoms with Crippen LogP contribution >= 0.6 is 27.7 Å². The molecule has 0 amide bonds. The van der Waals surface area contributed by atoms with Gasteiger partial charge in [-0.25, -0.2) is 9.97 Å². The van der Waals surface area contributed by atoms with Crippen LogP contribution in [0.25, 0.3) is 0 Å². The van der Waals surface area contributed by atoms with Crippen LogP contribution in [0.5, 0.6) is 0 Å². The topological polar surface area (TPSA) is 25.8 Å². The van der Waals surface area contributed by atoms with Crippen molar-refractivity contribution in [2.45, 2.75) is 19.0 Å². The Morgan fingerprint density at radius 1 is 1.27 bits per heavy atom. The first-order chi connectivity index (χ1) is 5.33. The molecular weight excluding hydrogens is 224 g/mol. The van der Waals surface area contributed by atoms with Crippen molar-refractivity contribution in [3.8, 4) is 0 Å². The van der Waals surface area contributed by atoms with Crippen molar-refractivity contribution in [3.05, 3.63) is 16.9 Å². The molecule has 4 heteroatoms. The zero-order valence-electron chi connectivity index (χ0n) is 6.84. The molecule has 1 aromatic rings. The van der Waals surface area contributed by atoms with Gasteiger partial charge in [0.05, 0.1) is 4.47 Å². The maximum Gasteiger partial charge on any atom is 0.187 e. The van der Waals surface area contributed by atoms with E-state index >= 15 is 0 Å². The maximum atomic E-state index is 4.00. The molecule has 1 rings (SSSR count). The Balaban J connectivity index is 0.000000461. The standard InChI is InChI=1S/C5H5BrN2S.C2H6/c1-9-5-7-2-4(6)3-8-5;1-2/h2-3H,1H3;1-2H3. The van der Waals surface area contributed by atoms with E-state index in [9.17, 15) is 0 Å². The summed E-state index contributed by atoms with van der Waals surface area (Å²) in [6.45, 7) is 4.00. The summed E-state index contributed by atoms with van der Waals surface area (Å²) in [5, 5.41) is 0.804. The number of halogens is 1. The molecule has 0 aliphatic carbocycles. The van der Waals surface area contributed by atoms with E-state index in [-0.39, 0.29) is 0 Å². The van der Waals surface area contributed by atoms with Crippen molar-refractivity contribution in [1.82, 2.24) is 9.97 Å². The predicted molar refractivity (Wildman–Crippen MR) is 52.9 cm³/mol. The highest BCUT2D eigenvalue weighted by atomic mass is 79.9. The summed E-state index contributed by atoms with van der Waals surface area (Å²) in [6, 6.07) is 0. The molecule has 0 fully saturated rings. The van der Waals surface area contributed by atoms with E-state index in [0.29, 0.717) is 0 Å². The molecule has 0 bridgehead atoms. The van der Waals surface area contributed by atoms with Crippen LogP contribution in [0.3, 0.4) is 0 Å². The normalized spacial score (nSPS) is 8.36. The first-order valence-corrected chi connectivity index (χ1v) is 5.36. The molecule has 0 aliphatic rings. The largest absolute Gasteiger partial charge is 0.230 e. The van der Waals surface area contributed by atoms with Crippen molar-refractivity contribution in [2.24, 2.45) is 0 Å². The lowest BCUT2D eigenvalue weighted by molar-refractivity contribution is 0.961. The number of aromatic nitrogens is 2. The van der Waals surface area contributed by atoms with Crippen LogP contribution < -0.4 is 0 Å². The quantitative estimate of drug-likeness (QED) is 0.552. The van der Waals surface area contributed by atoms with E-state index in [1.54, 1.807) is 12.4 Å². The van der Waals surface area contributed by atoms with Crippen LogP contribution in [-0.2, 0) is 0 Å². The molecule has 0 N–H and O–H groups in total. The highest BCUT2D eigenvalue weighted by Crippen LogP contribution is 2.10. The van der Waals surface area contributed by atoms with Crippen LogP contribution in [0, 0.1) is 0 Å². The van der Waals surface area contributed by atoms with Gasteiger partial charge in [0, 0.05) is 12.4 Å². The molecular formula is C7H11BrN2S. The zero-order chi connectivity index (χ0) is 8.69. The fourth-order valence-corrected chi connectivity index (χ4v) is 0.927. The smallest absolute Gasteiger partial charge is 0.187 e. The molecule has 0 atom stereocenters. The first-order valence-electron chi connectivity index (χ1n) is 3.34. The van der Waals surface area contributed by atoms with Gasteiger partial charge in [0.1, 0.15) is 0 Å². The first kappa shape index (κ1) is 10.9. The van der Waals surface area contributed by atoms with Gasteiger partial charge in [-0.1, -0.05) is 25.6 Å². The van der Waals surface area contributed by atoms with E-state index in [4.69, 9.17) is 0 Å². The van der Waals surface area contributed by atoms with Crippen LogP contribution in [0.1, 0.15) is 13.8 Å². The van der Waals surface area contributed by atoms with Crippen molar-refractivity contribution >= 4 is 27.7 Å². The molecule has 1 aromatic heterocycles. The minimum absolute atomic E-state index is 0.804. The van der Waals surface area contributed by atoms with Gasteiger partial charge in [0.2, 0.25) is 0 Å². The van der Waals surface area contributed by atoms with E-state index in [0.717, 1.165) is 9.63 Å². The Morgan fingerprint density at radius 3 is 2.09 bits per heavy atom. The second-order valence-electron chi connectivity index (χ2n) is 1.39. The van der Waals surface area contributed by atoms with Gasteiger partial charge < -0.3 is 0 Å². The number of hydrogen-bond donors (Lipinski definition) is 0. The van der Waals surface area contributed by atoms with Crippen molar-refractivity contribution in [2.75, 3.05) is 6.26 Å². The SMILES string of the molecule is CC.CSc1ncc(Br)cn1. The summed E-state index contributed by atoms with van der Waals surface area (Å²) in [5.41, 5.74) is 0. The number of nitrogens with zero attached hydrogens (tertiary/aromatic N) is 2. The summed E-state index contributed by atoms with van der Waals surface area (Å²) < 4.78 is 0.917. The Kier molecular flexibility index (Phi) is 6.56. The summed E-state index contributed by atoms with van der Waals surface area (Å²) in [4.78, 5) is 8.00. The minimum Gasteiger partial charge on any atom is -0.230 e. The monoisotopic (exact) mass is 234 g/mol. The van der Waals surface area contributed by atoms with Gasteiger partial charge in [-0.2, -0.15) is 0 Å². The van der Waals surface area contributed by atoms with Crippen LogP contribution in [0.15, 0.2) is 22.0 Å². The fourth-order valence-electron chi connectivity index (χ4n) is 0.406. The third-order valence-corrected chi connectivity index (χ3v) is 1.76. The maximum absolute atomic E-state index is 4.00. The van der Waals surface area contributed by atoms with Gasteiger partial charge in [0.25, 0.3) is 0 Å². The third kappa shape index (κ3) is 4.37. The van der Waals surface area contributed by atoms with Crippen LogP contribution in [0.4, 0.5) is 0 Å². The Hall–Kier alpha value is -0.0900. The van der Waals surface area contributed by atoms with E-state index < -0.39 is 0 Å². The summed E-state index contributed by atoms with van der Waals surface area (Å²) >= 11 is 4.77. The molecule has 62 valence electrons. The third-order valence-electron chi connectivity index (χ3n) is 0.779. The molecule has 1 heterocycles. The molecule has 11 heavy (non-hydrogen) atoms. The van der Waals surface area contributed by atoms with Gasteiger partial charge in [0.15, 0.2) is 5.16 Å². The highest BCUT2D eigenvalue weighted by molar-refractivity contribution is 9.10. The number of rotatable bonds is 1. The lowest BCUT2D eigenvalue weighted by Gasteiger charge is -1.90. The second kappa shape index (κ2) is 6.61. The van der Waals surface area contributed by atoms with Crippen molar-refractivity contribution in [1.29, 1.82) is 0 Å². The average molecular weight is 235 g/mol. The van der Waals surface area contributed by atoms with Crippen LogP contribution in [0.2, 0.25) is 0 Å². The van der Waals surface area contributed by atoms with E-state index in [1.807, 2.05) is 20.1 Å². The molecule has 0 saturated carbocycles. The summed E-state index contributed by atoms with van der Waals surface area (Å²) in [7, 11) is 0. The minimum atomic E-state index is 0.804. The van der Waals surface area contributed by atoms with Gasteiger partial charge in [-0.3, -0.25) is 0 Å². The Labute approximate surface area is 80.0 Å². The average Bonchev–Trinajstić information content (AvgIpc) is 2.10. The van der Waals surface area contributed by atoms with E-state index in [2.05, 4.69) is 25.9 Å². The summed E-state index contributed by atoms with van der Waals surface area (Å²) in [6.07, 6.45) is 5.42. The number of thioether (sulfide) groups is 1. The molecule has 0 saturated heterocycles. The molecule has 0 aliphatic heterocycles. The molecule has 0 unspecified atom stereocenters. The fraction of sp³-hybridized carbons (Fsp3) is 0.429. The molecule has 0 radical (unpaired) electrons. The van der Waals surface area contributed by atoms with Gasteiger partial charge in [-0.05, 0) is 22.2 Å². The molecule has 0 spiro atoms.